The number of carbonyl (C=O) groups is 1. The number of benzene rings is 2. The molecule has 0 unspecified atom stereocenters. The summed E-state index contributed by atoms with van der Waals surface area (Å²) in [5.74, 6) is 0.609. The maximum absolute atomic E-state index is 12.9. The minimum atomic E-state index is -0.467. The summed E-state index contributed by atoms with van der Waals surface area (Å²) in [4.78, 5) is 10.8. The third-order valence-electron chi connectivity index (χ3n) is 2.52. The molecule has 0 heterocycles. The van der Waals surface area contributed by atoms with Gasteiger partial charge in [-0.15, -0.1) is 0 Å². The van der Waals surface area contributed by atoms with E-state index < -0.39 is 5.82 Å². The Hall–Kier alpha value is -1.88. The molecule has 0 amide bonds. The zero-order chi connectivity index (χ0) is 14.4. The first-order valence-electron chi connectivity index (χ1n) is 5.95. The minimum Gasteiger partial charge on any atom is -0.490 e. The summed E-state index contributed by atoms with van der Waals surface area (Å²) in [6.07, 6.45) is 0.563. The highest BCUT2D eigenvalue weighted by atomic mass is 79.9. The Morgan fingerprint density at radius 3 is 2.45 bits per heavy atom. The molecule has 5 heteroatoms. The van der Waals surface area contributed by atoms with Gasteiger partial charge in [-0.3, -0.25) is 4.79 Å². The first-order chi connectivity index (χ1) is 9.69. The van der Waals surface area contributed by atoms with E-state index in [1.807, 2.05) is 24.3 Å². The summed E-state index contributed by atoms with van der Waals surface area (Å²) < 4.78 is 24.8. The number of hydrogen-bond donors (Lipinski definition) is 0. The molecule has 0 fully saturated rings. The van der Waals surface area contributed by atoms with Crippen molar-refractivity contribution in [3.63, 3.8) is 0 Å². The minimum absolute atomic E-state index is 0.189. The second-order valence-corrected chi connectivity index (χ2v) is 4.87. The van der Waals surface area contributed by atoms with Crippen molar-refractivity contribution in [2.24, 2.45) is 0 Å². The standard InChI is InChI=1S/C15H12BrFO3/c16-12-1-4-14(5-2-12)19-7-8-20-15-6-3-13(17)9-11(15)10-18/h1-6,9-10H,7-8H2. The van der Waals surface area contributed by atoms with Crippen molar-refractivity contribution in [3.05, 3.63) is 58.3 Å². The first-order valence-corrected chi connectivity index (χ1v) is 6.74. The van der Waals surface area contributed by atoms with Crippen LogP contribution in [0.3, 0.4) is 0 Å². The highest BCUT2D eigenvalue weighted by Crippen LogP contribution is 2.18. The van der Waals surface area contributed by atoms with Gasteiger partial charge in [0.1, 0.15) is 30.5 Å². The molecular weight excluding hydrogens is 327 g/mol. The number of carbonyl (C=O) groups excluding carboxylic acids is 1. The molecule has 0 bridgehead atoms. The topological polar surface area (TPSA) is 35.5 Å². The van der Waals surface area contributed by atoms with Gasteiger partial charge in [0.15, 0.2) is 6.29 Å². The number of ether oxygens (including phenoxy) is 2. The van der Waals surface area contributed by atoms with Crippen molar-refractivity contribution in [1.29, 1.82) is 0 Å². The molecule has 20 heavy (non-hydrogen) atoms. The van der Waals surface area contributed by atoms with Crippen LogP contribution in [-0.2, 0) is 0 Å². The quantitative estimate of drug-likeness (QED) is 0.592. The molecule has 0 aliphatic heterocycles. The Morgan fingerprint density at radius 2 is 1.75 bits per heavy atom. The molecular formula is C15H12BrFO3. The van der Waals surface area contributed by atoms with Crippen molar-refractivity contribution in [1.82, 2.24) is 0 Å². The fourth-order valence-corrected chi connectivity index (χ4v) is 1.85. The monoisotopic (exact) mass is 338 g/mol. The van der Waals surface area contributed by atoms with E-state index in [0.29, 0.717) is 18.6 Å². The van der Waals surface area contributed by atoms with Crippen molar-refractivity contribution in [2.75, 3.05) is 13.2 Å². The lowest BCUT2D eigenvalue weighted by atomic mass is 10.2. The Morgan fingerprint density at radius 1 is 1.05 bits per heavy atom. The van der Waals surface area contributed by atoms with Gasteiger partial charge in [0.2, 0.25) is 0 Å². The third kappa shape index (κ3) is 4.06. The average Bonchev–Trinajstić information content (AvgIpc) is 2.46. The molecule has 0 saturated carbocycles. The van der Waals surface area contributed by atoms with Crippen LogP contribution in [0.5, 0.6) is 11.5 Å². The summed E-state index contributed by atoms with van der Waals surface area (Å²) in [6.45, 7) is 0.597. The number of aldehydes is 1. The van der Waals surface area contributed by atoms with E-state index in [-0.39, 0.29) is 12.2 Å². The van der Waals surface area contributed by atoms with E-state index in [1.54, 1.807) is 0 Å². The van der Waals surface area contributed by atoms with Crippen LogP contribution in [0.15, 0.2) is 46.9 Å². The van der Waals surface area contributed by atoms with Crippen molar-refractivity contribution in [2.45, 2.75) is 0 Å². The number of halogens is 2. The van der Waals surface area contributed by atoms with Crippen LogP contribution in [0, 0.1) is 5.82 Å². The van der Waals surface area contributed by atoms with Gasteiger partial charge in [-0.1, -0.05) is 15.9 Å². The van der Waals surface area contributed by atoms with Crippen LogP contribution in [0.1, 0.15) is 10.4 Å². The Bertz CT molecular complexity index is 584. The van der Waals surface area contributed by atoms with E-state index in [2.05, 4.69) is 15.9 Å². The van der Waals surface area contributed by atoms with Crippen molar-refractivity contribution < 1.29 is 18.7 Å². The number of rotatable bonds is 6. The smallest absolute Gasteiger partial charge is 0.153 e. The molecule has 2 aromatic rings. The van der Waals surface area contributed by atoms with Gasteiger partial charge in [0, 0.05) is 4.47 Å². The Balaban J connectivity index is 1.84. The molecule has 0 aliphatic carbocycles. The summed E-state index contributed by atoms with van der Waals surface area (Å²) in [5.41, 5.74) is 0.189. The molecule has 0 spiro atoms. The van der Waals surface area contributed by atoms with E-state index in [9.17, 15) is 9.18 Å². The normalized spacial score (nSPS) is 10.1. The zero-order valence-electron chi connectivity index (χ0n) is 10.5. The molecule has 0 aromatic heterocycles. The lowest BCUT2D eigenvalue weighted by Gasteiger charge is -2.10. The van der Waals surface area contributed by atoms with Crippen molar-refractivity contribution in [3.8, 4) is 11.5 Å². The van der Waals surface area contributed by atoms with E-state index in [4.69, 9.17) is 9.47 Å². The predicted molar refractivity (Wildman–Crippen MR) is 76.9 cm³/mol. The largest absolute Gasteiger partial charge is 0.490 e. The summed E-state index contributed by atoms with van der Waals surface area (Å²) in [6, 6.07) is 11.2. The van der Waals surface area contributed by atoms with E-state index in [1.165, 1.54) is 12.1 Å². The maximum Gasteiger partial charge on any atom is 0.153 e. The maximum atomic E-state index is 12.9. The molecule has 0 N–H and O–H groups in total. The summed E-state index contributed by atoms with van der Waals surface area (Å²) in [7, 11) is 0. The molecule has 2 aromatic carbocycles. The van der Waals surface area contributed by atoms with Gasteiger partial charge in [-0.05, 0) is 42.5 Å². The average molecular weight is 339 g/mol. The summed E-state index contributed by atoms with van der Waals surface area (Å²) in [5, 5.41) is 0. The molecule has 104 valence electrons. The number of hydrogen-bond acceptors (Lipinski definition) is 3. The molecule has 3 nitrogen and oxygen atoms in total. The lowest BCUT2D eigenvalue weighted by Crippen LogP contribution is -2.10. The summed E-state index contributed by atoms with van der Waals surface area (Å²) >= 11 is 3.34. The molecule has 0 saturated heterocycles. The van der Waals surface area contributed by atoms with Gasteiger partial charge in [0.05, 0.1) is 5.56 Å². The van der Waals surface area contributed by atoms with Gasteiger partial charge in [0.25, 0.3) is 0 Å². The highest BCUT2D eigenvalue weighted by Gasteiger charge is 2.04. The van der Waals surface area contributed by atoms with Crippen LogP contribution in [-0.4, -0.2) is 19.5 Å². The molecule has 0 aliphatic rings. The Labute approximate surface area is 124 Å². The fourth-order valence-electron chi connectivity index (χ4n) is 1.58. The molecule has 2 rings (SSSR count). The van der Waals surface area contributed by atoms with E-state index >= 15 is 0 Å². The van der Waals surface area contributed by atoms with Crippen LogP contribution < -0.4 is 9.47 Å². The van der Waals surface area contributed by atoms with Crippen LogP contribution in [0.2, 0.25) is 0 Å². The SMILES string of the molecule is O=Cc1cc(F)ccc1OCCOc1ccc(Br)cc1. The van der Waals surface area contributed by atoms with Crippen LogP contribution in [0.25, 0.3) is 0 Å². The van der Waals surface area contributed by atoms with Gasteiger partial charge in [-0.2, -0.15) is 0 Å². The molecule has 0 atom stereocenters. The predicted octanol–water partition coefficient (Wildman–Crippen LogP) is 3.86. The fraction of sp³-hybridized carbons (Fsp3) is 0.133. The van der Waals surface area contributed by atoms with Crippen LogP contribution >= 0.6 is 15.9 Å². The lowest BCUT2D eigenvalue weighted by molar-refractivity contribution is 0.111. The highest BCUT2D eigenvalue weighted by molar-refractivity contribution is 9.10. The third-order valence-corrected chi connectivity index (χ3v) is 3.05. The zero-order valence-corrected chi connectivity index (χ0v) is 12.1. The Kier molecular flexibility index (Phi) is 5.12. The van der Waals surface area contributed by atoms with Gasteiger partial charge in [-0.25, -0.2) is 4.39 Å². The second-order valence-electron chi connectivity index (χ2n) is 3.95. The van der Waals surface area contributed by atoms with Gasteiger partial charge < -0.3 is 9.47 Å². The molecule has 0 radical (unpaired) electrons. The van der Waals surface area contributed by atoms with Crippen molar-refractivity contribution >= 4 is 22.2 Å². The van der Waals surface area contributed by atoms with Crippen LogP contribution in [0.4, 0.5) is 4.39 Å². The second kappa shape index (κ2) is 7.05. The van der Waals surface area contributed by atoms with E-state index in [0.717, 1.165) is 16.3 Å². The first kappa shape index (κ1) is 14.5. The van der Waals surface area contributed by atoms with Gasteiger partial charge >= 0.3 is 0 Å².